The van der Waals surface area contributed by atoms with Crippen LogP contribution in [-0.4, -0.2) is 30.3 Å². The summed E-state index contributed by atoms with van der Waals surface area (Å²) < 4.78 is 39.9. The summed E-state index contributed by atoms with van der Waals surface area (Å²) in [5, 5.41) is 0. The topological polar surface area (TPSA) is 55.6 Å². The van der Waals surface area contributed by atoms with E-state index in [1.54, 1.807) is 20.9 Å². The molecule has 4 nitrogen and oxygen atoms in total. The van der Waals surface area contributed by atoms with E-state index in [1.807, 2.05) is 0 Å². The van der Waals surface area contributed by atoms with Crippen LogP contribution in [0.1, 0.15) is 19.4 Å². The minimum atomic E-state index is -4.71. The molecule has 1 amide bonds. The minimum absolute atomic E-state index is 0.111. The number of ether oxygens (including phenoxy) is 1. The molecule has 0 radical (unpaired) electrons. The van der Waals surface area contributed by atoms with Crippen molar-refractivity contribution in [2.75, 3.05) is 7.05 Å². The Morgan fingerprint density at radius 2 is 1.81 bits per heavy atom. The molecule has 2 unspecified atom stereocenters. The highest BCUT2D eigenvalue weighted by Crippen LogP contribution is 2.23. The number of nitrogens with two attached hydrogens (primary N) is 1. The Morgan fingerprint density at radius 3 is 2.24 bits per heavy atom. The zero-order valence-electron chi connectivity index (χ0n) is 12.1. The Morgan fingerprint density at radius 1 is 1.29 bits per heavy atom. The van der Waals surface area contributed by atoms with E-state index < -0.39 is 6.36 Å². The first kappa shape index (κ1) is 17.3. The summed E-state index contributed by atoms with van der Waals surface area (Å²) in [7, 11) is 1.63. The van der Waals surface area contributed by atoms with Gasteiger partial charge in [-0.05, 0) is 24.6 Å². The standard InChI is InChI=1S/C14H19F3N2O2/c1-9(10(2)18)13(20)19(3)8-11-4-6-12(7-5-11)21-14(15,16)17/h4-7,9-10H,8,18H2,1-3H3. The summed E-state index contributed by atoms with van der Waals surface area (Å²) >= 11 is 0. The quantitative estimate of drug-likeness (QED) is 0.909. The van der Waals surface area contributed by atoms with Gasteiger partial charge in [0.05, 0.1) is 5.92 Å². The average molecular weight is 304 g/mol. The van der Waals surface area contributed by atoms with E-state index >= 15 is 0 Å². The van der Waals surface area contributed by atoms with E-state index in [0.717, 1.165) is 0 Å². The minimum Gasteiger partial charge on any atom is -0.406 e. The van der Waals surface area contributed by atoms with Gasteiger partial charge in [-0.25, -0.2) is 0 Å². The molecule has 118 valence electrons. The molecule has 1 aromatic carbocycles. The van der Waals surface area contributed by atoms with Crippen LogP contribution in [0.15, 0.2) is 24.3 Å². The monoisotopic (exact) mass is 304 g/mol. The van der Waals surface area contributed by atoms with Crippen LogP contribution in [-0.2, 0) is 11.3 Å². The number of hydrogen-bond donors (Lipinski definition) is 1. The highest BCUT2D eigenvalue weighted by molar-refractivity contribution is 5.78. The maximum atomic E-state index is 12.0. The molecular weight excluding hydrogens is 285 g/mol. The maximum Gasteiger partial charge on any atom is 0.573 e. The highest BCUT2D eigenvalue weighted by atomic mass is 19.4. The van der Waals surface area contributed by atoms with Crippen molar-refractivity contribution in [2.24, 2.45) is 11.7 Å². The summed E-state index contributed by atoms with van der Waals surface area (Å²) in [5.74, 6) is -0.715. The third-order valence-corrected chi connectivity index (χ3v) is 3.13. The molecule has 0 aliphatic rings. The molecule has 0 bridgehead atoms. The van der Waals surface area contributed by atoms with Crippen LogP contribution < -0.4 is 10.5 Å². The first-order valence-electron chi connectivity index (χ1n) is 6.45. The second-order valence-electron chi connectivity index (χ2n) is 5.03. The van der Waals surface area contributed by atoms with Crippen LogP contribution in [0.25, 0.3) is 0 Å². The smallest absolute Gasteiger partial charge is 0.406 e. The second-order valence-corrected chi connectivity index (χ2v) is 5.03. The molecule has 0 heterocycles. The Labute approximate surface area is 121 Å². The van der Waals surface area contributed by atoms with Gasteiger partial charge in [0.2, 0.25) is 5.91 Å². The summed E-state index contributed by atoms with van der Waals surface area (Å²) in [6.45, 7) is 3.78. The van der Waals surface area contributed by atoms with Gasteiger partial charge in [0.25, 0.3) is 0 Å². The van der Waals surface area contributed by atoms with E-state index in [9.17, 15) is 18.0 Å². The molecule has 0 fully saturated rings. The first-order valence-corrected chi connectivity index (χ1v) is 6.45. The lowest BCUT2D eigenvalue weighted by Crippen LogP contribution is -2.39. The Bertz CT molecular complexity index is 472. The van der Waals surface area contributed by atoms with Crippen molar-refractivity contribution in [2.45, 2.75) is 32.8 Å². The molecule has 21 heavy (non-hydrogen) atoms. The number of carbonyl (C=O) groups is 1. The average Bonchev–Trinajstić information content (AvgIpc) is 2.37. The lowest BCUT2D eigenvalue weighted by Gasteiger charge is -2.23. The van der Waals surface area contributed by atoms with Crippen LogP contribution >= 0.6 is 0 Å². The molecule has 1 rings (SSSR count). The van der Waals surface area contributed by atoms with Gasteiger partial charge in [0.1, 0.15) is 5.75 Å². The zero-order chi connectivity index (χ0) is 16.2. The van der Waals surface area contributed by atoms with Crippen LogP contribution in [0.2, 0.25) is 0 Å². The van der Waals surface area contributed by atoms with E-state index in [-0.39, 0.29) is 23.6 Å². The van der Waals surface area contributed by atoms with E-state index in [1.165, 1.54) is 29.2 Å². The highest BCUT2D eigenvalue weighted by Gasteiger charge is 2.31. The van der Waals surface area contributed by atoms with Gasteiger partial charge < -0.3 is 15.4 Å². The fourth-order valence-corrected chi connectivity index (χ4v) is 1.72. The predicted molar refractivity (Wildman–Crippen MR) is 72.4 cm³/mol. The summed E-state index contributed by atoms with van der Waals surface area (Å²) in [5.41, 5.74) is 6.38. The SMILES string of the molecule is CC(N)C(C)C(=O)N(C)Cc1ccc(OC(F)(F)F)cc1. The van der Waals surface area contributed by atoms with Crippen LogP contribution in [0.5, 0.6) is 5.75 Å². The number of amides is 1. The van der Waals surface area contributed by atoms with Crippen molar-refractivity contribution in [3.05, 3.63) is 29.8 Å². The van der Waals surface area contributed by atoms with Gasteiger partial charge in [0.15, 0.2) is 0 Å². The first-order chi connectivity index (χ1) is 9.60. The van der Waals surface area contributed by atoms with E-state index in [2.05, 4.69) is 4.74 Å². The van der Waals surface area contributed by atoms with E-state index in [0.29, 0.717) is 12.1 Å². The maximum absolute atomic E-state index is 12.0. The molecule has 2 N–H and O–H groups in total. The van der Waals surface area contributed by atoms with Crippen molar-refractivity contribution in [3.8, 4) is 5.75 Å². The number of carbonyl (C=O) groups excluding carboxylic acids is 1. The number of halogens is 3. The molecule has 0 aliphatic carbocycles. The van der Waals surface area contributed by atoms with Crippen molar-refractivity contribution in [1.29, 1.82) is 0 Å². The fraction of sp³-hybridized carbons (Fsp3) is 0.500. The Hall–Kier alpha value is -1.76. The molecule has 0 aliphatic heterocycles. The van der Waals surface area contributed by atoms with Crippen LogP contribution in [0.4, 0.5) is 13.2 Å². The molecule has 0 saturated carbocycles. The number of rotatable bonds is 5. The van der Waals surface area contributed by atoms with Crippen LogP contribution in [0, 0.1) is 5.92 Å². The normalized spacial score (nSPS) is 14.4. The predicted octanol–water partition coefficient (Wildman–Crippen LogP) is 2.53. The molecular formula is C14H19F3N2O2. The molecule has 7 heteroatoms. The van der Waals surface area contributed by atoms with Crippen molar-refractivity contribution in [1.82, 2.24) is 4.90 Å². The number of alkyl halides is 3. The Balaban J connectivity index is 2.65. The summed E-state index contributed by atoms with van der Waals surface area (Å²) in [6.07, 6.45) is -4.71. The molecule has 1 aromatic rings. The molecule has 0 spiro atoms. The zero-order valence-corrected chi connectivity index (χ0v) is 12.1. The molecule has 0 saturated heterocycles. The van der Waals surface area contributed by atoms with Gasteiger partial charge in [-0.15, -0.1) is 13.2 Å². The third kappa shape index (κ3) is 5.63. The fourth-order valence-electron chi connectivity index (χ4n) is 1.72. The number of hydrogen-bond acceptors (Lipinski definition) is 3. The number of benzene rings is 1. The second kappa shape index (κ2) is 6.80. The van der Waals surface area contributed by atoms with Gasteiger partial charge in [0, 0.05) is 19.6 Å². The number of nitrogens with zero attached hydrogens (tertiary/aromatic N) is 1. The molecule has 2 atom stereocenters. The van der Waals surface area contributed by atoms with E-state index in [4.69, 9.17) is 5.73 Å². The lowest BCUT2D eigenvalue weighted by molar-refractivity contribution is -0.274. The lowest BCUT2D eigenvalue weighted by atomic mass is 10.0. The summed E-state index contributed by atoms with van der Waals surface area (Å²) in [4.78, 5) is 13.5. The van der Waals surface area contributed by atoms with Gasteiger partial charge >= 0.3 is 6.36 Å². The van der Waals surface area contributed by atoms with Crippen molar-refractivity contribution < 1.29 is 22.7 Å². The Kier molecular flexibility index (Phi) is 5.60. The third-order valence-electron chi connectivity index (χ3n) is 3.13. The summed E-state index contributed by atoms with van der Waals surface area (Å²) in [6, 6.07) is 5.15. The van der Waals surface area contributed by atoms with Gasteiger partial charge in [-0.3, -0.25) is 4.79 Å². The van der Waals surface area contributed by atoms with Crippen molar-refractivity contribution >= 4 is 5.91 Å². The largest absolute Gasteiger partial charge is 0.573 e. The molecule has 0 aromatic heterocycles. The van der Waals surface area contributed by atoms with Gasteiger partial charge in [-0.1, -0.05) is 19.1 Å². The van der Waals surface area contributed by atoms with Gasteiger partial charge in [-0.2, -0.15) is 0 Å². The van der Waals surface area contributed by atoms with Crippen molar-refractivity contribution in [3.63, 3.8) is 0 Å². The van der Waals surface area contributed by atoms with Crippen LogP contribution in [0.3, 0.4) is 0 Å².